The van der Waals surface area contributed by atoms with Gasteiger partial charge in [0.2, 0.25) is 11.8 Å². The Morgan fingerprint density at radius 2 is 1.64 bits per heavy atom. The summed E-state index contributed by atoms with van der Waals surface area (Å²) in [6.45, 7) is -0.540. The number of imide groups is 1. The molecule has 2 N–H and O–H groups in total. The Hall–Kier alpha value is -2.70. The van der Waals surface area contributed by atoms with E-state index < -0.39 is 17.7 Å². The molecule has 22 heavy (non-hydrogen) atoms. The molecule has 1 aromatic carbocycles. The Kier molecular flexibility index (Phi) is 3.62. The van der Waals surface area contributed by atoms with E-state index in [0.717, 1.165) is 17.7 Å². The first-order valence-corrected chi connectivity index (χ1v) is 7.07. The maximum Gasteiger partial charge on any atom is 0.262 e. The van der Waals surface area contributed by atoms with Gasteiger partial charge in [-0.15, -0.1) is 0 Å². The Morgan fingerprint density at radius 3 is 2.18 bits per heavy atom. The molecule has 3 rings (SSSR count). The number of carbonyl (C=O) groups excluding carboxylic acids is 4. The molecule has 1 aromatic rings. The minimum atomic E-state index is -0.541. The van der Waals surface area contributed by atoms with Crippen LogP contribution in [0.5, 0.6) is 0 Å². The molecule has 0 atom stereocenters. The second-order valence-electron chi connectivity index (χ2n) is 5.36. The van der Waals surface area contributed by atoms with Gasteiger partial charge in [0.25, 0.3) is 11.8 Å². The lowest BCUT2D eigenvalue weighted by atomic mass is 10.1. The highest BCUT2D eigenvalue weighted by molar-refractivity contribution is 6.22. The van der Waals surface area contributed by atoms with E-state index in [1.807, 2.05) is 0 Å². The van der Waals surface area contributed by atoms with Crippen molar-refractivity contribution < 1.29 is 19.2 Å². The number of nitrogens with zero attached hydrogens (tertiary/aromatic N) is 1. The van der Waals surface area contributed by atoms with Gasteiger partial charge in [0.15, 0.2) is 0 Å². The van der Waals surface area contributed by atoms with E-state index in [0.29, 0.717) is 11.1 Å². The molecule has 7 nitrogen and oxygen atoms in total. The van der Waals surface area contributed by atoms with E-state index in [4.69, 9.17) is 0 Å². The molecule has 0 radical (unpaired) electrons. The number of hydrogen-bond donors (Lipinski definition) is 2. The molecular formula is C15H15N3O4. The fraction of sp³-hybridized carbons (Fsp3) is 0.333. The fourth-order valence-electron chi connectivity index (χ4n) is 2.27. The topological polar surface area (TPSA) is 95.6 Å². The Morgan fingerprint density at radius 1 is 1.05 bits per heavy atom. The summed E-state index contributed by atoms with van der Waals surface area (Å²) in [6, 6.07) is 6.65. The van der Waals surface area contributed by atoms with Crippen LogP contribution in [0.2, 0.25) is 0 Å². The maximum absolute atomic E-state index is 12.1. The van der Waals surface area contributed by atoms with E-state index in [1.54, 1.807) is 24.3 Å². The minimum absolute atomic E-state index is 0.154. The first-order chi connectivity index (χ1) is 10.6. The smallest absolute Gasteiger partial charge is 0.262 e. The van der Waals surface area contributed by atoms with Crippen LogP contribution in [0.3, 0.4) is 0 Å². The highest BCUT2D eigenvalue weighted by Crippen LogP contribution is 2.21. The van der Waals surface area contributed by atoms with Gasteiger partial charge >= 0.3 is 0 Å². The number of fused-ring (bicyclic) bond motifs is 1. The van der Waals surface area contributed by atoms with E-state index in [-0.39, 0.29) is 25.0 Å². The second kappa shape index (κ2) is 5.59. The van der Waals surface area contributed by atoms with Gasteiger partial charge in [-0.05, 0) is 25.0 Å². The fourth-order valence-corrected chi connectivity index (χ4v) is 2.27. The standard InChI is InChI=1S/C15H15N3O4/c19-12(17-9-5-6-9)7-16-13(20)8-18-14(21)10-3-1-2-4-11(10)15(18)22/h1-4,9H,5-8H2,(H,16,20)(H,17,19). The summed E-state index contributed by atoms with van der Waals surface area (Å²) in [7, 11) is 0. The summed E-state index contributed by atoms with van der Waals surface area (Å²) in [4.78, 5) is 48.3. The molecule has 7 heteroatoms. The van der Waals surface area contributed by atoms with Crippen molar-refractivity contribution in [3.05, 3.63) is 35.4 Å². The monoisotopic (exact) mass is 301 g/mol. The Balaban J connectivity index is 1.55. The van der Waals surface area contributed by atoms with Crippen molar-refractivity contribution in [2.75, 3.05) is 13.1 Å². The summed E-state index contributed by atoms with van der Waals surface area (Å²) in [6.07, 6.45) is 1.93. The molecule has 1 saturated carbocycles. The van der Waals surface area contributed by atoms with Crippen molar-refractivity contribution in [1.29, 1.82) is 0 Å². The minimum Gasteiger partial charge on any atom is -0.352 e. The lowest BCUT2D eigenvalue weighted by molar-refractivity contribution is -0.126. The zero-order valence-corrected chi connectivity index (χ0v) is 11.8. The third-order valence-corrected chi connectivity index (χ3v) is 3.57. The third-order valence-electron chi connectivity index (χ3n) is 3.57. The predicted molar refractivity (Wildman–Crippen MR) is 76.0 cm³/mol. The van der Waals surface area contributed by atoms with Crippen LogP contribution in [0.4, 0.5) is 0 Å². The van der Waals surface area contributed by atoms with Crippen LogP contribution in [-0.4, -0.2) is 47.7 Å². The first-order valence-electron chi connectivity index (χ1n) is 7.07. The van der Waals surface area contributed by atoms with Gasteiger partial charge in [0.05, 0.1) is 17.7 Å². The number of benzene rings is 1. The highest BCUT2D eigenvalue weighted by Gasteiger charge is 2.36. The summed E-state index contributed by atoms with van der Waals surface area (Å²) in [5.41, 5.74) is 0.596. The van der Waals surface area contributed by atoms with Gasteiger partial charge in [-0.1, -0.05) is 12.1 Å². The van der Waals surface area contributed by atoms with Crippen LogP contribution in [0, 0.1) is 0 Å². The van der Waals surface area contributed by atoms with Gasteiger partial charge in [-0.2, -0.15) is 0 Å². The highest BCUT2D eigenvalue weighted by atomic mass is 16.2. The van der Waals surface area contributed by atoms with Crippen LogP contribution in [-0.2, 0) is 9.59 Å². The Labute approximate surface area is 126 Å². The molecule has 1 heterocycles. The summed E-state index contributed by atoms with van der Waals surface area (Å²) >= 11 is 0. The molecule has 1 fully saturated rings. The molecule has 1 aliphatic carbocycles. The molecule has 1 aliphatic heterocycles. The number of hydrogen-bond acceptors (Lipinski definition) is 4. The van der Waals surface area contributed by atoms with Crippen molar-refractivity contribution in [2.24, 2.45) is 0 Å². The molecular weight excluding hydrogens is 286 g/mol. The van der Waals surface area contributed by atoms with Crippen LogP contribution >= 0.6 is 0 Å². The van der Waals surface area contributed by atoms with E-state index in [2.05, 4.69) is 10.6 Å². The average Bonchev–Trinajstić information content (AvgIpc) is 3.29. The van der Waals surface area contributed by atoms with Crippen LogP contribution in [0.25, 0.3) is 0 Å². The second-order valence-corrected chi connectivity index (χ2v) is 5.36. The van der Waals surface area contributed by atoms with E-state index >= 15 is 0 Å². The zero-order chi connectivity index (χ0) is 15.7. The third kappa shape index (κ3) is 2.83. The molecule has 2 aliphatic rings. The molecule has 0 aromatic heterocycles. The predicted octanol–water partition coefficient (Wildman–Crippen LogP) is -0.323. The molecule has 0 unspecified atom stereocenters. The van der Waals surface area contributed by atoms with Crippen LogP contribution in [0.15, 0.2) is 24.3 Å². The summed E-state index contributed by atoms with van der Waals surface area (Å²) < 4.78 is 0. The summed E-state index contributed by atoms with van der Waals surface area (Å²) in [5, 5.41) is 5.15. The van der Waals surface area contributed by atoms with Crippen molar-refractivity contribution in [1.82, 2.24) is 15.5 Å². The summed E-state index contributed by atoms with van der Waals surface area (Å²) in [5.74, 6) is -1.78. The van der Waals surface area contributed by atoms with E-state index in [1.165, 1.54) is 0 Å². The SMILES string of the molecule is O=C(CN1C(=O)c2ccccc2C1=O)NCC(=O)NC1CC1. The van der Waals surface area contributed by atoms with Crippen molar-refractivity contribution >= 4 is 23.6 Å². The van der Waals surface area contributed by atoms with Gasteiger partial charge in [-0.25, -0.2) is 0 Å². The number of rotatable bonds is 5. The average molecular weight is 301 g/mol. The lowest BCUT2D eigenvalue weighted by Gasteiger charge is -2.13. The van der Waals surface area contributed by atoms with E-state index in [9.17, 15) is 19.2 Å². The van der Waals surface area contributed by atoms with Crippen molar-refractivity contribution in [3.8, 4) is 0 Å². The van der Waals surface area contributed by atoms with Crippen LogP contribution < -0.4 is 10.6 Å². The zero-order valence-electron chi connectivity index (χ0n) is 11.8. The quantitative estimate of drug-likeness (QED) is 0.728. The lowest BCUT2D eigenvalue weighted by Crippen LogP contribution is -2.44. The van der Waals surface area contributed by atoms with Crippen molar-refractivity contribution in [2.45, 2.75) is 18.9 Å². The number of amides is 4. The van der Waals surface area contributed by atoms with Gasteiger partial charge < -0.3 is 10.6 Å². The Bertz CT molecular complexity index is 632. The van der Waals surface area contributed by atoms with Crippen molar-refractivity contribution in [3.63, 3.8) is 0 Å². The number of carbonyl (C=O) groups is 4. The largest absolute Gasteiger partial charge is 0.352 e. The van der Waals surface area contributed by atoms with Gasteiger partial charge in [0.1, 0.15) is 6.54 Å². The van der Waals surface area contributed by atoms with Gasteiger partial charge in [-0.3, -0.25) is 24.1 Å². The normalized spacial score (nSPS) is 16.5. The molecule has 0 saturated heterocycles. The van der Waals surface area contributed by atoms with Gasteiger partial charge in [0, 0.05) is 6.04 Å². The first kappa shape index (κ1) is 14.2. The van der Waals surface area contributed by atoms with Crippen LogP contribution in [0.1, 0.15) is 33.6 Å². The number of nitrogens with one attached hydrogen (secondary N) is 2. The molecule has 114 valence electrons. The maximum atomic E-state index is 12.1. The molecule has 4 amide bonds. The molecule has 0 spiro atoms. The molecule has 0 bridgehead atoms.